The highest BCUT2D eigenvalue weighted by molar-refractivity contribution is 5.09. The Hall–Kier alpha value is -0.240. The summed E-state index contributed by atoms with van der Waals surface area (Å²) in [4.78, 5) is 0. The lowest BCUT2D eigenvalue weighted by Gasteiger charge is -2.55. The van der Waals surface area contributed by atoms with E-state index < -0.39 is 36.3 Å². The predicted molar refractivity (Wildman–Crippen MR) is 75.4 cm³/mol. The Balaban J connectivity index is 2.33. The summed E-state index contributed by atoms with van der Waals surface area (Å²) in [6.07, 6.45) is 0.843. The van der Waals surface area contributed by atoms with E-state index in [1.54, 1.807) is 0 Å². The maximum Gasteiger partial charge on any atom is 0.195 e. The zero-order valence-corrected chi connectivity index (χ0v) is 12.6. The number of aliphatic hydroxyl groups excluding tert-OH is 3. The molecule has 6 nitrogen and oxygen atoms in total. The van der Waals surface area contributed by atoms with E-state index in [0.29, 0.717) is 19.3 Å². The first-order chi connectivity index (χ1) is 9.90. The first-order valence-corrected chi connectivity index (χ1v) is 7.99. The fourth-order valence-electron chi connectivity index (χ4n) is 3.93. The molecule has 0 aromatic heterocycles. The van der Waals surface area contributed by atoms with Crippen molar-refractivity contribution in [1.29, 1.82) is 0 Å². The zero-order valence-electron chi connectivity index (χ0n) is 12.6. The molecule has 5 N–H and O–H groups in total. The van der Waals surface area contributed by atoms with Crippen LogP contribution in [0, 0.1) is 5.92 Å². The van der Waals surface area contributed by atoms with Crippen LogP contribution in [0.4, 0.5) is 0 Å². The Bertz CT molecular complexity index is 341. The summed E-state index contributed by atoms with van der Waals surface area (Å²) < 4.78 is 5.32. The average Bonchev–Trinajstić information content (AvgIpc) is 2.50. The van der Waals surface area contributed by atoms with Crippen LogP contribution in [0.5, 0.6) is 0 Å². The maximum absolute atomic E-state index is 11.0. The minimum Gasteiger partial charge on any atom is -0.394 e. The molecule has 1 saturated heterocycles. The SMILES string of the molecule is CCC[C@]1(O)O[C@H](CO)[C@@H](O)[C@@](O)(C2CCCCC2)[C@H]1O. The van der Waals surface area contributed by atoms with Crippen molar-refractivity contribution >= 4 is 0 Å². The molecule has 2 aliphatic rings. The molecule has 6 heteroatoms. The molecule has 0 aromatic rings. The first-order valence-electron chi connectivity index (χ1n) is 7.99. The maximum atomic E-state index is 11.0. The lowest BCUT2D eigenvalue weighted by molar-refractivity contribution is -0.387. The van der Waals surface area contributed by atoms with Crippen molar-refractivity contribution in [3.05, 3.63) is 0 Å². The van der Waals surface area contributed by atoms with Gasteiger partial charge in [-0.05, 0) is 18.8 Å². The lowest BCUT2D eigenvalue weighted by Crippen LogP contribution is -2.74. The third-order valence-corrected chi connectivity index (χ3v) is 5.09. The Morgan fingerprint density at radius 1 is 1.10 bits per heavy atom. The van der Waals surface area contributed by atoms with Gasteiger partial charge in [0.05, 0.1) is 6.61 Å². The molecule has 0 bridgehead atoms. The van der Waals surface area contributed by atoms with Gasteiger partial charge in [0.15, 0.2) is 5.79 Å². The molecular formula is C15H28O6. The Morgan fingerprint density at radius 2 is 1.71 bits per heavy atom. The van der Waals surface area contributed by atoms with Crippen LogP contribution in [0.15, 0.2) is 0 Å². The first kappa shape index (κ1) is 17.1. The molecule has 1 aliphatic heterocycles. The molecule has 0 aromatic carbocycles. The predicted octanol–water partition coefficient (Wildman–Crippen LogP) is -0.101. The number of rotatable bonds is 4. The van der Waals surface area contributed by atoms with Crippen LogP contribution in [-0.4, -0.2) is 61.8 Å². The third-order valence-electron chi connectivity index (χ3n) is 5.09. The third kappa shape index (κ3) is 2.85. The van der Waals surface area contributed by atoms with E-state index in [-0.39, 0.29) is 12.3 Å². The van der Waals surface area contributed by atoms with Crippen molar-refractivity contribution in [2.45, 2.75) is 81.6 Å². The molecule has 0 unspecified atom stereocenters. The van der Waals surface area contributed by atoms with Gasteiger partial charge >= 0.3 is 0 Å². The van der Waals surface area contributed by atoms with Crippen molar-refractivity contribution in [3.8, 4) is 0 Å². The summed E-state index contributed by atoms with van der Waals surface area (Å²) in [7, 11) is 0. The number of ether oxygens (including phenoxy) is 1. The van der Waals surface area contributed by atoms with Crippen LogP contribution in [0.3, 0.4) is 0 Å². The normalized spacial score (nSPS) is 45.7. The van der Waals surface area contributed by atoms with Crippen LogP contribution >= 0.6 is 0 Å². The average molecular weight is 304 g/mol. The topological polar surface area (TPSA) is 110 Å². The van der Waals surface area contributed by atoms with Gasteiger partial charge in [-0.2, -0.15) is 0 Å². The van der Waals surface area contributed by atoms with E-state index in [1.165, 1.54) is 0 Å². The molecule has 0 amide bonds. The minimum atomic E-state index is -1.94. The zero-order chi connectivity index (χ0) is 15.7. The highest BCUT2D eigenvalue weighted by Gasteiger charge is 2.63. The van der Waals surface area contributed by atoms with E-state index in [9.17, 15) is 25.5 Å². The molecular weight excluding hydrogens is 276 g/mol. The van der Waals surface area contributed by atoms with Crippen LogP contribution in [0.2, 0.25) is 0 Å². The van der Waals surface area contributed by atoms with Crippen molar-refractivity contribution in [3.63, 3.8) is 0 Å². The molecule has 1 saturated carbocycles. The van der Waals surface area contributed by atoms with E-state index in [2.05, 4.69) is 0 Å². The summed E-state index contributed by atoms with van der Waals surface area (Å²) in [5.74, 6) is -2.24. The van der Waals surface area contributed by atoms with Crippen molar-refractivity contribution in [2.75, 3.05) is 6.61 Å². The summed E-state index contributed by atoms with van der Waals surface area (Å²) in [5.41, 5.74) is -1.85. The van der Waals surface area contributed by atoms with Crippen LogP contribution in [-0.2, 0) is 4.74 Å². The van der Waals surface area contributed by atoms with Crippen molar-refractivity contribution in [1.82, 2.24) is 0 Å². The summed E-state index contributed by atoms with van der Waals surface area (Å²) >= 11 is 0. The van der Waals surface area contributed by atoms with Crippen molar-refractivity contribution < 1.29 is 30.3 Å². The fraction of sp³-hybridized carbons (Fsp3) is 1.00. The number of aliphatic hydroxyl groups is 5. The second-order valence-corrected chi connectivity index (χ2v) is 6.50. The van der Waals surface area contributed by atoms with E-state index in [1.807, 2.05) is 6.92 Å². The Morgan fingerprint density at radius 3 is 2.24 bits per heavy atom. The van der Waals surface area contributed by atoms with E-state index in [4.69, 9.17) is 4.74 Å². The molecule has 1 aliphatic carbocycles. The molecule has 21 heavy (non-hydrogen) atoms. The monoisotopic (exact) mass is 304 g/mol. The van der Waals surface area contributed by atoms with Gasteiger partial charge in [-0.15, -0.1) is 0 Å². The smallest absolute Gasteiger partial charge is 0.195 e. The molecule has 0 spiro atoms. The lowest BCUT2D eigenvalue weighted by atomic mass is 9.66. The van der Waals surface area contributed by atoms with Gasteiger partial charge in [0.1, 0.15) is 23.9 Å². The Labute approximate surface area is 125 Å². The fourth-order valence-corrected chi connectivity index (χ4v) is 3.93. The summed E-state index contributed by atoms with van der Waals surface area (Å²) in [6.45, 7) is 1.31. The largest absolute Gasteiger partial charge is 0.394 e. The van der Waals surface area contributed by atoms with Gasteiger partial charge in [-0.1, -0.05) is 32.6 Å². The van der Waals surface area contributed by atoms with E-state index in [0.717, 1.165) is 19.3 Å². The van der Waals surface area contributed by atoms with Gasteiger partial charge in [-0.3, -0.25) is 0 Å². The second-order valence-electron chi connectivity index (χ2n) is 6.50. The van der Waals surface area contributed by atoms with Crippen LogP contribution in [0.1, 0.15) is 51.9 Å². The van der Waals surface area contributed by atoms with Gasteiger partial charge in [0.25, 0.3) is 0 Å². The summed E-state index contributed by atoms with van der Waals surface area (Å²) in [6, 6.07) is 0. The number of hydrogen-bond donors (Lipinski definition) is 5. The highest BCUT2D eigenvalue weighted by atomic mass is 16.7. The van der Waals surface area contributed by atoms with Gasteiger partial charge in [0.2, 0.25) is 0 Å². The molecule has 0 radical (unpaired) electrons. The van der Waals surface area contributed by atoms with Crippen LogP contribution in [0.25, 0.3) is 0 Å². The molecule has 124 valence electrons. The Kier molecular flexibility index (Phi) is 5.28. The second kappa shape index (κ2) is 6.48. The molecule has 2 rings (SSSR count). The molecule has 1 heterocycles. The highest BCUT2D eigenvalue weighted by Crippen LogP contribution is 2.45. The quantitative estimate of drug-likeness (QED) is 0.496. The standard InChI is InChI=1S/C15H28O6/c1-2-8-14(19)13(18)15(20,10-6-4-3-5-7-10)12(17)11(9-16)21-14/h10-13,16-20H,2-9H2,1H3/t11-,12-,13+,14+,15+/m1/s1. The molecule has 5 atom stereocenters. The van der Waals surface area contributed by atoms with E-state index >= 15 is 0 Å². The van der Waals surface area contributed by atoms with Crippen LogP contribution < -0.4 is 0 Å². The van der Waals surface area contributed by atoms with Gasteiger partial charge in [0, 0.05) is 6.42 Å². The van der Waals surface area contributed by atoms with Gasteiger partial charge < -0.3 is 30.3 Å². The number of hydrogen-bond acceptors (Lipinski definition) is 6. The minimum absolute atomic E-state index is 0.131. The summed E-state index contributed by atoms with van der Waals surface area (Å²) in [5, 5.41) is 52.0. The van der Waals surface area contributed by atoms with Crippen molar-refractivity contribution in [2.24, 2.45) is 5.92 Å². The molecule has 2 fully saturated rings. The van der Waals surface area contributed by atoms with Gasteiger partial charge in [-0.25, -0.2) is 0 Å².